The molecule has 114 valence electrons. The highest BCUT2D eigenvalue weighted by molar-refractivity contribution is 5.91. The van der Waals surface area contributed by atoms with Gasteiger partial charge in [0.25, 0.3) is 17.2 Å². The SMILES string of the molecule is O=C(NC[C@H](O)c1ccc([N+](=O)[O-])cc1)c1ccc(=O)[nH]n1. The van der Waals surface area contributed by atoms with Crippen molar-refractivity contribution in [2.75, 3.05) is 6.54 Å². The number of carbonyl (C=O) groups excluding carboxylic acids is 1. The Balaban J connectivity index is 1.95. The van der Waals surface area contributed by atoms with E-state index in [0.29, 0.717) is 5.56 Å². The van der Waals surface area contributed by atoms with Gasteiger partial charge < -0.3 is 10.4 Å². The van der Waals surface area contributed by atoms with Gasteiger partial charge in [-0.2, -0.15) is 5.10 Å². The fourth-order valence-corrected chi connectivity index (χ4v) is 1.69. The number of non-ortho nitro benzene ring substituents is 1. The fraction of sp³-hybridized carbons (Fsp3) is 0.154. The predicted octanol–water partition coefficient (Wildman–Crippen LogP) is 0.142. The van der Waals surface area contributed by atoms with Crippen LogP contribution in [-0.2, 0) is 0 Å². The van der Waals surface area contributed by atoms with Crippen molar-refractivity contribution >= 4 is 11.6 Å². The van der Waals surface area contributed by atoms with Gasteiger partial charge in [0.1, 0.15) is 5.69 Å². The molecule has 0 bridgehead atoms. The van der Waals surface area contributed by atoms with E-state index in [1.54, 1.807) is 0 Å². The van der Waals surface area contributed by atoms with Crippen LogP contribution in [0.25, 0.3) is 0 Å². The minimum atomic E-state index is -1.02. The Kier molecular flexibility index (Phi) is 4.59. The van der Waals surface area contributed by atoms with E-state index >= 15 is 0 Å². The molecule has 0 aliphatic carbocycles. The highest BCUT2D eigenvalue weighted by Crippen LogP contribution is 2.17. The lowest BCUT2D eigenvalue weighted by Crippen LogP contribution is -2.29. The van der Waals surface area contributed by atoms with Crippen molar-refractivity contribution in [3.63, 3.8) is 0 Å². The maximum atomic E-state index is 11.7. The molecule has 0 saturated carbocycles. The second-order valence-electron chi connectivity index (χ2n) is 4.38. The third-order valence-electron chi connectivity index (χ3n) is 2.86. The predicted molar refractivity (Wildman–Crippen MR) is 75.2 cm³/mol. The van der Waals surface area contributed by atoms with Crippen molar-refractivity contribution in [3.05, 3.63) is 68.1 Å². The van der Waals surface area contributed by atoms with E-state index in [0.717, 1.165) is 6.07 Å². The Morgan fingerprint density at radius 2 is 2.00 bits per heavy atom. The van der Waals surface area contributed by atoms with Gasteiger partial charge in [-0.05, 0) is 23.8 Å². The van der Waals surface area contributed by atoms with Crippen LogP contribution in [0.3, 0.4) is 0 Å². The third kappa shape index (κ3) is 3.73. The molecular weight excluding hydrogens is 292 g/mol. The van der Waals surface area contributed by atoms with E-state index in [1.807, 2.05) is 0 Å². The monoisotopic (exact) mass is 304 g/mol. The molecule has 0 radical (unpaired) electrons. The maximum Gasteiger partial charge on any atom is 0.271 e. The molecule has 1 amide bonds. The molecule has 0 aliphatic rings. The molecule has 1 heterocycles. The highest BCUT2D eigenvalue weighted by Gasteiger charge is 2.13. The molecule has 3 N–H and O–H groups in total. The third-order valence-corrected chi connectivity index (χ3v) is 2.86. The zero-order chi connectivity index (χ0) is 16.1. The van der Waals surface area contributed by atoms with Gasteiger partial charge in [0, 0.05) is 24.7 Å². The number of carbonyl (C=O) groups is 1. The van der Waals surface area contributed by atoms with Crippen molar-refractivity contribution in [3.8, 4) is 0 Å². The summed E-state index contributed by atoms with van der Waals surface area (Å²) in [6.45, 7) is -0.0998. The van der Waals surface area contributed by atoms with Gasteiger partial charge in [-0.15, -0.1) is 0 Å². The number of aromatic amines is 1. The minimum Gasteiger partial charge on any atom is -0.387 e. The molecule has 22 heavy (non-hydrogen) atoms. The Labute approximate surface area is 123 Å². The standard InChI is InChI=1S/C13H12N4O5/c18-11(8-1-3-9(4-2-8)17(21)22)7-14-13(20)10-5-6-12(19)16-15-10/h1-6,11,18H,7H2,(H,14,20)(H,16,19)/t11-/m0/s1. The topological polar surface area (TPSA) is 138 Å². The molecule has 2 aromatic rings. The van der Waals surface area contributed by atoms with E-state index in [1.165, 1.54) is 30.3 Å². The van der Waals surface area contributed by atoms with Crippen molar-refractivity contribution in [2.24, 2.45) is 0 Å². The van der Waals surface area contributed by atoms with Gasteiger partial charge in [-0.25, -0.2) is 5.10 Å². The van der Waals surface area contributed by atoms with Crippen molar-refractivity contribution in [2.45, 2.75) is 6.10 Å². The molecule has 9 heteroatoms. The Morgan fingerprint density at radius 1 is 1.32 bits per heavy atom. The van der Waals surface area contributed by atoms with Crippen LogP contribution in [0, 0.1) is 10.1 Å². The number of nitrogens with one attached hydrogen (secondary N) is 2. The molecule has 0 unspecified atom stereocenters. The first-order valence-electron chi connectivity index (χ1n) is 6.23. The van der Waals surface area contributed by atoms with Crippen LogP contribution in [0.1, 0.15) is 22.2 Å². The normalized spacial score (nSPS) is 11.7. The van der Waals surface area contributed by atoms with Crippen molar-refractivity contribution < 1.29 is 14.8 Å². The molecule has 1 aromatic carbocycles. The molecule has 0 saturated heterocycles. The van der Waals surface area contributed by atoms with Crippen LogP contribution in [0.2, 0.25) is 0 Å². The average molecular weight is 304 g/mol. The summed E-state index contributed by atoms with van der Waals surface area (Å²) in [6.07, 6.45) is -1.02. The fourth-order valence-electron chi connectivity index (χ4n) is 1.69. The number of nitro groups is 1. The summed E-state index contributed by atoms with van der Waals surface area (Å²) in [5.74, 6) is -0.558. The molecule has 0 aliphatic heterocycles. The molecular formula is C13H12N4O5. The van der Waals surface area contributed by atoms with Gasteiger partial charge in [0.2, 0.25) is 0 Å². The van der Waals surface area contributed by atoms with E-state index in [4.69, 9.17) is 0 Å². The average Bonchev–Trinajstić information content (AvgIpc) is 2.53. The van der Waals surface area contributed by atoms with E-state index in [2.05, 4.69) is 15.5 Å². The number of aliphatic hydroxyl groups excluding tert-OH is 1. The molecule has 1 atom stereocenters. The number of benzene rings is 1. The largest absolute Gasteiger partial charge is 0.387 e. The second kappa shape index (κ2) is 6.59. The van der Waals surface area contributed by atoms with Crippen LogP contribution in [0.4, 0.5) is 5.69 Å². The molecule has 2 rings (SSSR count). The van der Waals surface area contributed by atoms with Crippen molar-refractivity contribution in [1.82, 2.24) is 15.5 Å². The molecule has 1 aromatic heterocycles. The summed E-state index contributed by atoms with van der Waals surface area (Å²) in [5.41, 5.74) is -0.0734. The number of aromatic nitrogens is 2. The summed E-state index contributed by atoms with van der Waals surface area (Å²) in [4.78, 5) is 32.6. The van der Waals surface area contributed by atoms with Crippen LogP contribution < -0.4 is 10.9 Å². The summed E-state index contributed by atoms with van der Waals surface area (Å²) < 4.78 is 0. The minimum absolute atomic E-state index is 0.00972. The zero-order valence-electron chi connectivity index (χ0n) is 11.2. The summed E-state index contributed by atoms with van der Waals surface area (Å²) in [5, 5.41) is 28.6. The lowest BCUT2D eigenvalue weighted by atomic mass is 10.1. The van der Waals surface area contributed by atoms with Gasteiger partial charge in [0.05, 0.1) is 11.0 Å². The number of hydrogen-bond donors (Lipinski definition) is 3. The number of nitrogens with zero attached hydrogens (tertiary/aromatic N) is 2. The lowest BCUT2D eigenvalue weighted by molar-refractivity contribution is -0.384. The van der Waals surface area contributed by atoms with E-state index in [-0.39, 0.29) is 17.9 Å². The number of aliphatic hydroxyl groups is 1. The Bertz CT molecular complexity index is 720. The first-order chi connectivity index (χ1) is 10.5. The van der Waals surface area contributed by atoms with Gasteiger partial charge in [0.15, 0.2) is 0 Å². The first kappa shape index (κ1) is 15.3. The van der Waals surface area contributed by atoms with E-state index in [9.17, 15) is 24.8 Å². The second-order valence-corrected chi connectivity index (χ2v) is 4.38. The number of rotatable bonds is 5. The number of H-pyrrole nitrogens is 1. The van der Waals surface area contributed by atoms with Gasteiger partial charge in [-0.1, -0.05) is 0 Å². The van der Waals surface area contributed by atoms with Crippen LogP contribution >= 0.6 is 0 Å². The molecule has 0 spiro atoms. The summed E-state index contributed by atoms with van der Waals surface area (Å²) >= 11 is 0. The first-order valence-corrected chi connectivity index (χ1v) is 6.23. The summed E-state index contributed by atoms with van der Waals surface area (Å²) in [6, 6.07) is 7.77. The molecule has 9 nitrogen and oxygen atoms in total. The Hall–Kier alpha value is -3.07. The van der Waals surface area contributed by atoms with Crippen molar-refractivity contribution in [1.29, 1.82) is 0 Å². The highest BCUT2D eigenvalue weighted by atomic mass is 16.6. The van der Waals surface area contributed by atoms with Crippen LogP contribution in [0.5, 0.6) is 0 Å². The molecule has 0 fully saturated rings. The quantitative estimate of drug-likeness (QED) is 0.530. The van der Waals surface area contributed by atoms with E-state index < -0.39 is 22.5 Å². The smallest absolute Gasteiger partial charge is 0.271 e. The number of amides is 1. The summed E-state index contributed by atoms with van der Waals surface area (Å²) in [7, 11) is 0. The van der Waals surface area contributed by atoms with Crippen LogP contribution in [0.15, 0.2) is 41.2 Å². The number of hydrogen-bond acceptors (Lipinski definition) is 6. The lowest BCUT2D eigenvalue weighted by Gasteiger charge is -2.11. The zero-order valence-corrected chi connectivity index (χ0v) is 11.2. The van der Waals surface area contributed by atoms with Gasteiger partial charge >= 0.3 is 0 Å². The Morgan fingerprint density at radius 3 is 2.55 bits per heavy atom. The number of nitro benzene ring substituents is 1. The van der Waals surface area contributed by atoms with Gasteiger partial charge in [-0.3, -0.25) is 19.7 Å². The maximum absolute atomic E-state index is 11.7. The van der Waals surface area contributed by atoms with Crippen LogP contribution in [-0.4, -0.2) is 32.7 Å².